The summed E-state index contributed by atoms with van der Waals surface area (Å²) in [5, 5.41) is 3.22. The lowest BCUT2D eigenvalue weighted by Gasteiger charge is -2.23. The number of fused-ring (bicyclic) bond motifs is 1. The van der Waals surface area contributed by atoms with Gasteiger partial charge in [-0.1, -0.05) is 0 Å². The topological polar surface area (TPSA) is 85.0 Å². The van der Waals surface area contributed by atoms with E-state index in [0.717, 1.165) is 11.3 Å². The van der Waals surface area contributed by atoms with Crippen molar-refractivity contribution in [3.8, 4) is 0 Å². The average Bonchev–Trinajstić information content (AvgIpc) is 2.86. The van der Waals surface area contributed by atoms with Crippen LogP contribution in [0.4, 0.5) is 5.82 Å². The fraction of sp³-hybridized carbons (Fsp3) is 0.500. The molecule has 1 aliphatic heterocycles. The second-order valence-electron chi connectivity index (χ2n) is 3.77. The quantitative estimate of drug-likeness (QED) is 0.789. The SMILES string of the molecule is c1nc(NCC2COCCO2)c2[nH]cnc2n1. The predicted molar refractivity (Wildman–Crippen MR) is 60.7 cm³/mol. The minimum Gasteiger partial charge on any atom is -0.376 e. The molecule has 0 radical (unpaired) electrons. The van der Waals surface area contributed by atoms with Crippen LogP contribution in [-0.2, 0) is 9.47 Å². The Kier molecular flexibility index (Phi) is 2.85. The van der Waals surface area contributed by atoms with Gasteiger partial charge in [0.15, 0.2) is 11.5 Å². The minimum atomic E-state index is 0.0664. The summed E-state index contributed by atoms with van der Waals surface area (Å²) in [5.41, 5.74) is 1.47. The van der Waals surface area contributed by atoms with Crippen molar-refractivity contribution in [3.63, 3.8) is 0 Å². The molecular weight excluding hydrogens is 222 g/mol. The molecule has 0 spiro atoms. The monoisotopic (exact) mass is 235 g/mol. The highest BCUT2D eigenvalue weighted by Crippen LogP contribution is 2.14. The van der Waals surface area contributed by atoms with Crippen molar-refractivity contribution in [2.75, 3.05) is 31.7 Å². The van der Waals surface area contributed by atoms with Crippen molar-refractivity contribution in [2.24, 2.45) is 0 Å². The minimum absolute atomic E-state index is 0.0664. The van der Waals surface area contributed by atoms with Gasteiger partial charge in [0, 0.05) is 6.54 Å². The molecule has 1 fully saturated rings. The number of ether oxygens (including phenoxy) is 2. The summed E-state index contributed by atoms with van der Waals surface area (Å²) < 4.78 is 10.9. The number of H-pyrrole nitrogens is 1. The lowest BCUT2D eigenvalue weighted by atomic mass is 10.3. The Morgan fingerprint density at radius 3 is 3.24 bits per heavy atom. The molecule has 17 heavy (non-hydrogen) atoms. The summed E-state index contributed by atoms with van der Waals surface area (Å²) in [6.07, 6.45) is 3.16. The molecule has 0 aromatic carbocycles. The van der Waals surface area contributed by atoms with Crippen LogP contribution in [0.25, 0.3) is 11.2 Å². The molecule has 1 aliphatic rings. The van der Waals surface area contributed by atoms with Crippen LogP contribution in [0.3, 0.4) is 0 Å². The Morgan fingerprint density at radius 2 is 2.35 bits per heavy atom. The fourth-order valence-electron chi connectivity index (χ4n) is 1.76. The number of nitrogens with zero attached hydrogens (tertiary/aromatic N) is 3. The third kappa shape index (κ3) is 2.20. The van der Waals surface area contributed by atoms with E-state index in [1.54, 1.807) is 6.33 Å². The number of anilines is 1. The highest BCUT2D eigenvalue weighted by atomic mass is 16.6. The molecule has 1 saturated heterocycles. The summed E-state index contributed by atoms with van der Waals surface area (Å²) in [7, 11) is 0. The maximum absolute atomic E-state index is 5.54. The van der Waals surface area contributed by atoms with Crippen molar-refractivity contribution in [3.05, 3.63) is 12.7 Å². The molecule has 7 nitrogen and oxygen atoms in total. The maximum Gasteiger partial charge on any atom is 0.182 e. The largest absolute Gasteiger partial charge is 0.376 e. The molecule has 1 unspecified atom stereocenters. The Morgan fingerprint density at radius 1 is 1.35 bits per heavy atom. The van der Waals surface area contributed by atoms with Crippen LogP contribution >= 0.6 is 0 Å². The molecule has 1 atom stereocenters. The highest BCUT2D eigenvalue weighted by Gasteiger charge is 2.15. The summed E-state index contributed by atoms with van der Waals surface area (Å²) >= 11 is 0. The fourth-order valence-corrected chi connectivity index (χ4v) is 1.76. The van der Waals surface area contributed by atoms with E-state index in [0.29, 0.717) is 32.0 Å². The van der Waals surface area contributed by atoms with Crippen LogP contribution in [0.1, 0.15) is 0 Å². The average molecular weight is 235 g/mol. The zero-order valence-electron chi connectivity index (χ0n) is 9.22. The van der Waals surface area contributed by atoms with Gasteiger partial charge in [-0.2, -0.15) is 0 Å². The molecule has 7 heteroatoms. The van der Waals surface area contributed by atoms with Gasteiger partial charge < -0.3 is 19.8 Å². The molecule has 0 bridgehead atoms. The normalized spacial score (nSPS) is 20.6. The van der Waals surface area contributed by atoms with E-state index in [-0.39, 0.29) is 6.10 Å². The van der Waals surface area contributed by atoms with E-state index >= 15 is 0 Å². The lowest BCUT2D eigenvalue weighted by molar-refractivity contribution is -0.0819. The van der Waals surface area contributed by atoms with Crippen LogP contribution in [0, 0.1) is 0 Å². The van der Waals surface area contributed by atoms with E-state index in [2.05, 4.69) is 25.3 Å². The summed E-state index contributed by atoms with van der Waals surface area (Å²) in [4.78, 5) is 15.3. The Hall–Kier alpha value is -1.73. The van der Waals surface area contributed by atoms with Crippen LogP contribution in [-0.4, -0.2) is 52.4 Å². The molecule has 2 aromatic rings. The number of rotatable bonds is 3. The number of imidazole rings is 1. The summed E-state index contributed by atoms with van der Waals surface area (Å²) in [6.45, 7) is 2.60. The first kappa shape index (κ1) is 10.4. The van der Waals surface area contributed by atoms with Gasteiger partial charge in [-0.15, -0.1) is 0 Å². The number of nitrogens with one attached hydrogen (secondary N) is 2. The van der Waals surface area contributed by atoms with Crippen molar-refractivity contribution in [1.29, 1.82) is 0 Å². The van der Waals surface area contributed by atoms with Gasteiger partial charge in [-0.25, -0.2) is 15.0 Å². The number of hydrogen-bond donors (Lipinski definition) is 2. The van der Waals surface area contributed by atoms with E-state index in [1.807, 2.05) is 0 Å². The third-order valence-corrected chi connectivity index (χ3v) is 2.61. The zero-order chi connectivity index (χ0) is 11.5. The Labute approximate surface area is 97.6 Å². The Bertz CT molecular complexity index is 494. The smallest absolute Gasteiger partial charge is 0.182 e. The van der Waals surface area contributed by atoms with Gasteiger partial charge in [0.1, 0.15) is 11.8 Å². The molecule has 0 aliphatic carbocycles. The van der Waals surface area contributed by atoms with Gasteiger partial charge >= 0.3 is 0 Å². The lowest BCUT2D eigenvalue weighted by Crippen LogP contribution is -2.34. The van der Waals surface area contributed by atoms with E-state index in [9.17, 15) is 0 Å². The van der Waals surface area contributed by atoms with Crippen LogP contribution in [0.15, 0.2) is 12.7 Å². The maximum atomic E-state index is 5.54. The number of aromatic nitrogens is 4. The molecule has 0 saturated carbocycles. The van der Waals surface area contributed by atoms with Crippen molar-refractivity contribution >= 4 is 17.0 Å². The predicted octanol–water partition coefficient (Wildman–Crippen LogP) is 0.180. The first-order valence-electron chi connectivity index (χ1n) is 5.51. The van der Waals surface area contributed by atoms with E-state index in [1.165, 1.54) is 6.33 Å². The molecule has 0 amide bonds. The van der Waals surface area contributed by atoms with Gasteiger partial charge in [0.2, 0.25) is 0 Å². The van der Waals surface area contributed by atoms with Crippen molar-refractivity contribution < 1.29 is 9.47 Å². The van der Waals surface area contributed by atoms with Crippen LogP contribution < -0.4 is 5.32 Å². The van der Waals surface area contributed by atoms with Crippen molar-refractivity contribution in [1.82, 2.24) is 19.9 Å². The van der Waals surface area contributed by atoms with E-state index < -0.39 is 0 Å². The number of hydrogen-bond acceptors (Lipinski definition) is 6. The second-order valence-corrected chi connectivity index (χ2v) is 3.77. The molecular formula is C10H13N5O2. The van der Waals surface area contributed by atoms with Gasteiger partial charge in [-0.05, 0) is 0 Å². The number of aromatic amines is 1. The molecule has 2 N–H and O–H groups in total. The van der Waals surface area contributed by atoms with Gasteiger partial charge in [0.05, 0.1) is 32.3 Å². The summed E-state index contributed by atoms with van der Waals surface area (Å²) in [5.74, 6) is 0.738. The van der Waals surface area contributed by atoms with Gasteiger partial charge in [-0.3, -0.25) is 0 Å². The Balaban J connectivity index is 1.69. The first-order valence-corrected chi connectivity index (χ1v) is 5.51. The molecule has 2 aromatic heterocycles. The van der Waals surface area contributed by atoms with Crippen molar-refractivity contribution in [2.45, 2.75) is 6.10 Å². The third-order valence-electron chi connectivity index (χ3n) is 2.61. The first-order chi connectivity index (χ1) is 8.43. The molecule has 90 valence electrons. The molecule has 3 heterocycles. The summed E-state index contributed by atoms with van der Waals surface area (Å²) in [6, 6.07) is 0. The van der Waals surface area contributed by atoms with Crippen LogP contribution in [0.2, 0.25) is 0 Å². The van der Waals surface area contributed by atoms with Crippen LogP contribution in [0.5, 0.6) is 0 Å². The van der Waals surface area contributed by atoms with E-state index in [4.69, 9.17) is 9.47 Å². The second kappa shape index (κ2) is 4.64. The zero-order valence-corrected chi connectivity index (χ0v) is 9.22. The van der Waals surface area contributed by atoms with Gasteiger partial charge in [0.25, 0.3) is 0 Å². The highest BCUT2D eigenvalue weighted by molar-refractivity contribution is 5.81. The molecule has 3 rings (SSSR count). The standard InChI is InChI=1S/C10H13N5O2/c1-2-17-7(4-16-1)3-11-9-8-10(13-5-12-8)15-6-14-9/h5-7H,1-4H2,(H2,11,12,13,14,15).